The van der Waals surface area contributed by atoms with Gasteiger partial charge in [-0.25, -0.2) is 0 Å². The van der Waals surface area contributed by atoms with E-state index in [1.807, 2.05) is 18.2 Å². The maximum absolute atomic E-state index is 7.93. The van der Waals surface area contributed by atoms with Gasteiger partial charge in [0.15, 0.2) is 23.4 Å². The number of likely N-dealkylation sites (N-methyl/N-ethyl adjacent to an activating group) is 1. The smallest absolute Gasteiger partial charge is 0.231 e. The van der Waals surface area contributed by atoms with E-state index in [1.165, 1.54) is 4.90 Å². The number of hydrogen-bond donors (Lipinski definition) is 3. The number of benzene rings is 1. The summed E-state index contributed by atoms with van der Waals surface area (Å²) in [6, 6.07) is 5.79. The van der Waals surface area contributed by atoms with Crippen molar-refractivity contribution in [2.75, 3.05) is 27.4 Å². The van der Waals surface area contributed by atoms with Gasteiger partial charge in [0.25, 0.3) is 0 Å². The molecule has 0 unspecified atom stereocenters. The Bertz CT molecular complexity index is 531. The summed E-state index contributed by atoms with van der Waals surface area (Å²) >= 11 is 0. The molecule has 0 spiro atoms. The van der Waals surface area contributed by atoms with E-state index in [0.717, 1.165) is 23.5 Å². The molecule has 20 heavy (non-hydrogen) atoms. The van der Waals surface area contributed by atoms with Crippen molar-refractivity contribution in [2.45, 2.75) is 6.42 Å². The predicted molar refractivity (Wildman–Crippen MR) is 76.3 cm³/mol. The standard InChI is InChI=1S/C13H19N5O2/c1-17(13(16)18(2)12(14)15)7-6-9-4-3-5-10-11(9)20-8-19-10/h3-5,16H,6-8H2,1-2H3,(H3,14,15). The zero-order valence-corrected chi connectivity index (χ0v) is 11.6. The summed E-state index contributed by atoms with van der Waals surface area (Å²) in [6.07, 6.45) is 0.719. The van der Waals surface area contributed by atoms with E-state index in [0.29, 0.717) is 6.54 Å². The second kappa shape index (κ2) is 5.68. The molecule has 2 rings (SSSR count). The summed E-state index contributed by atoms with van der Waals surface area (Å²) < 4.78 is 10.8. The van der Waals surface area contributed by atoms with Crippen molar-refractivity contribution < 1.29 is 9.47 Å². The molecule has 0 aromatic heterocycles. The minimum absolute atomic E-state index is 0.154. The molecule has 1 aliphatic heterocycles. The Labute approximate surface area is 117 Å². The molecule has 0 aliphatic carbocycles. The monoisotopic (exact) mass is 277 g/mol. The Kier molecular flexibility index (Phi) is 3.97. The van der Waals surface area contributed by atoms with Crippen molar-refractivity contribution >= 4 is 11.9 Å². The molecule has 7 nitrogen and oxygen atoms in total. The van der Waals surface area contributed by atoms with Gasteiger partial charge < -0.3 is 20.1 Å². The molecule has 1 aromatic rings. The zero-order valence-electron chi connectivity index (χ0n) is 11.6. The Morgan fingerprint density at radius 3 is 2.75 bits per heavy atom. The average molecular weight is 277 g/mol. The highest BCUT2D eigenvalue weighted by Gasteiger charge is 2.18. The van der Waals surface area contributed by atoms with Crippen molar-refractivity contribution in [2.24, 2.45) is 5.73 Å². The number of ether oxygens (including phenoxy) is 2. The second-order valence-electron chi connectivity index (χ2n) is 4.59. The number of hydrogen-bond acceptors (Lipinski definition) is 4. The minimum atomic E-state index is -0.154. The number of nitrogens with one attached hydrogen (secondary N) is 2. The molecule has 0 bridgehead atoms. The maximum Gasteiger partial charge on any atom is 0.231 e. The molecule has 0 radical (unpaired) electrons. The van der Waals surface area contributed by atoms with Crippen LogP contribution in [-0.4, -0.2) is 49.2 Å². The number of nitrogens with zero attached hydrogens (tertiary/aromatic N) is 2. The normalized spacial score (nSPS) is 12.1. The van der Waals surface area contributed by atoms with Crippen LogP contribution in [0.3, 0.4) is 0 Å². The lowest BCUT2D eigenvalue weighted by molar-refractivity contribution is 0.173. The fourth-order valence-electron chi connectivity index (χ4n) is 1.95. The van der Waals surface area contributed by atoms with Gasteiger partial charge in [-0.2, -0.15) is 0 Å². The van der Waals surface area contributed by atoms with Crippen molar-refractivity contribution in [3.63, 3.8) is 0 Å². The highest BCUT2D eigenvalue weighted by Crippen LogP contribution is 2.35. The summed E-state index contributed by atoms with van der Waals surface area (Å²) in [7, 11) is 3.39. The van der Waals surface area contributed by atoms with Crippen LogP contribution in [0.2, 0.25) is 0 Å². The van der Waals surface area contributed by atoms with E-state index in [9.17, 15) is 0 Å². The molecule has 7 heteroatoms. The molecule has 0 saturated carbocycles. The van der Waals surface area contributed by atoms with Crippen molar-refractivity contribution in [3.8, 4) is 11.5 Å². The summed E-state index contributed by atoms with van der Waals surface area (Å²) in [5.41, 5.74) is 6.41. The van der Waals surface area contributed by atoms with Crippen LogP contribution < -0.4 is 15.2 Å². The summed E-state index contributed by atoms with van der Waals surface area (Å²) in [6.45, 7) is 0.876. The molecule has 1 heterocycles. The van der Waals surface area contributed by atoms with Gasteiger partial charge in [0, 0.05) is 20.6 Å². The van der Waals surface area contributed by atoms with E-state index in [1.54, 1.807) is 19.0 Å². The fourth-order valence-corrected chi connectivity index (χ4v) is 1.95. The first-order chi connectivity index (χ1) is 9.50. The topological polar surface area (TPSA) is 98.7 Å². The number of guanidine groups is 2. The number of para-hydroxylation sites is 1. The van der Waals surface area contributed by atoms with Crippen molar-refractivity contribution in [3.05, 3.63) is 23.8 Å². The Morgan fingerprint density at radius 2 is 2.05 bits per heavy atom. The summed E-state index contributed by atoms with van der Waals surface area (Å²) in [5, 5.41) is 15.2. The predicted octanol–water partition coefficient (Wildman–Crippen LogP) is 0.650. The Balaban J connectivity index is 1.97. The van der Waals surface area contributed by atoms with E-state index in [4.69, 9.17) is 26.0 Å². The highest BCUT2D eigenvalue weighted by molar-refractivity contribution is 5.94. The van der Waals surface area contributed by atoms with Crippen LogP contribution in [-0.2, 0) is 6.42 Å². The van der Waals surface area contributed by atoms with Gasteiger partial charge in [-0.1, -0.05) is 12.1 Å². The van der Waals surface area contributed by atoms with Crippen LogP contribution in [0.4, 0.5) is 0 Å². The molecular weight excluding hydrogens is 258 g/mol. The quantitative estimate of drug-likeness (QED) is 0.556. The molecular formula is C13H19N5O2. The lowest BCUT2D eigenvalue weighted by Gasteiger charge is -2.26. The molecule has 0 atom stereocenters. The van der Waals surface area contributed by atoms with Gasteiger partial charge >= 0.3 is 0 Å². The van der Waals surface area contributed by atoms with Crippen LogP contribution >= 0.6 is 0 Å². The second-order valence-corrected chi connectivity index (χ2v) is 4.59. The lowest BCUT2D eigenvalue weighted by atomic mass is 10.1. The summed E-state index contributed by atoms with van der Waals surface area (Å²) in [5.74, 6) is 1.58. The van der Waals surface area contributed by atoms with Crippen LogP contribution in [0, 0.1) is 10.8 Å². The van der Waals surface area contributed by atoms with Gasteiger partial charge in [0.2, 0.25) is 6.79 Å². The van der Waals surface area contributed by atoms with E-state index in [2.05, 4.69) is 0 Å². The lowest BCUT2D eigenvalue weighted by Crippen LogP contribution is -2.46. The van der Waals surface area contributed by atoms with Crippen molar-refractivity contribution in [1.29, 1.82) is 10.8 Å². The van der Waals surface area contributed by atoms with Crippen LogP contribution in [0.25, 0.3) is 0 Å². The van der Waals surface area contributed by atoms with Crippen molar-refractivity contribution in [1.82, 2.24) is 9.80 Å². The van der Waals surface area contributed by atoms with E-state index in [-0.39, 0.29) is 18.7 Å². The minimum Gasteiger partial charge on any atom is -0.454 e. The van der Waals surface area contributed by atoms with Gasteiger partial charge in [-0.15, -0.1) is 0 Å². The number of nitrogens with two attached hydrogens (primary N) is 1. The first-order valence-corrected chi connectivity index (χ1v) is 6.25. The van der Waals surface area contributed by atoms with Crippen LogP contribution in [0.5, 0.6) is 11.5 Å². The Morgan fingerprint density at radius 1 is 1.30 bits per heavy atom. The molecule has 0 saturated heterocycles. The molecule has 4 N–H and O–H groups in total. The van der Waals surface area contributed by atoms with Crippen LogP contribution in [0.15, 0.2) is 18.2 Å². The van der Waals surface area contributed by atoms with Gasteiger partial charge in [0.05, 0.1) is 0 Å². The largest absolute Gasteiger partial charge is 0.454 e. The van der Waals surface area contributed by atoms with Gasteiger partial charge in [0.1, 0.15) is 0 Å². The fraction of sp³-hybridized carbons (Fsp3) is 0.385. The maximum atomic E-state index is 7.93. The van der Waals surface area contributed by atoms with Gasteiger partial charge in [-0.3, -0.25) is 15.7 Å². The third-order valence-corrected chi connectivity index (χ3v) is 3.24. The molecule has 0 amide bonds. The van der Waals surface area contributed by atoms with Gasteiger partial charge in [-0.05, 0) is 18.1 Å². The summed E-state index contributed by atoms with van der Waals surface area (Å²) in [4.78, 5) is 3.05. The third-order valence-electron chi connectivity index (χ3n) is 3.24. The molecule has 108 valence electrons. The first kappa shape index (κ1) is 14.0. The molecule has 1 aromatic carbocycles. The number of rotatable bonds is 3. The number of fused-ring (bicyclic) bond motifs is 1. The molecule has 0 fully saturated rings. The highest BCUT2D eigenvalue weighted by atomic mass is 16.7. The van der Waals surface area contributed by atoms with Crippen LogP contribution in [0.1, 0.15) is 5.56 Å². The van der Waals surface area contributed by atoms with E-state index < -0.39 is 0 Å². The zero-order chi connectivity index (χ0) is 14.7. The molecule has 1 aliphatic rings. The average Bonchev–Trinajstić information content (AvgIpc) is 2.91. The Hall–Kier alpha value is -2.44. The third kappa shape index (κ3) is 2.76. The van der Waals surface area contributed by atoms with E-state index >= 15 is 0 Å². The SMILES string of the molecule is CN(CCc1cccc2c1OCO2)C(=N)N(C)C(=N)N. The first-order valence-electron chi connectivity index (χ1n) is 6.25.